The van der Waals surface area contributed by atoms with Gasteiger partial charge in [-0.1, -0.05) is 38.1 Å². The lowest BCUT2D eigenvalue weighted by atomic mass is 10.0. The summed E-state index contributed by atoms with van der Waals surface area (Å²) in [7, 11) is -3.91. The topological polar surface area (TPSA) is 195 Å². The number of aromatic nitrogens is 2. The van der Waals surface area contributed by atoms with Crippen molar-refractivity contribution in [1.82, 2.24) is 30.4 Å². The van der Waals surface area contributed by atoms with E-state index < -0.39 is 74.7 Å². The molecule has 3 aromatic rings. The predicted octanol–water partition coefficient (Wildman–Crippen LogP) is 4.00. The van der Waals surface area contributed by atoms with E-state index in [0.717, 1.165) is 30.6 Å². The minimum absolute atomic E-state index is 0.00217. The highest BCUT2D eigenvalue weighted by atomic mass is 32.2. The molecule has 0 unspecified atom stereocenters. The molecule has 1 saturated heterocycles. The van der Waals surface area contributed by atoms with Crippen LogP contribution in [-0.2, 0) is 34.0 Å². The summed E-state index contributed by atoms with van der Waals surface area (Å²) in [5.41, 5.74) is 2.78. The second kappa shape index (κ2) is 15.3. The van der Waals surface area contributed by atoms with E-state index in [0.29, 0.717) is 29.6 Å². The van der Waals surface area contributed by atoms with E-state index >= 15 is 0 Å². The van der Waals surface area contributed by atoms with Gasteiger partial charge < -0.3 is 24.5 Å². The second-order valence-corrected chi connectivity index (χ2v) is 17.6. The largest absolute Gasteiger partial charge is 0.528 e. The number of nitrogens with zero attached hydrogens (tertiary/aromatic N) is 3. The number of fused-ring (bicyclic) bond motifs is 1. The van der Waals surface area contributed by atoms with Gasteiger partial charge in [0.2, 0.25) is 27.7 Å². The third-order valence-corrected chi connectivity index (χ3v) is 13.1. The van der Waals surface area contributed by atoms with Crippen molar-refractivity contribution in [1.29, 1.82) is 0 Å². The van der Waals surface area contributed by atoms with Gasteiger partial charge in [-0.05, 0) is 74.4 Å². The van der Waals surface area contributed by atoms with Crippen molar-refractivity contribution in [2.45, 2.75) is 100 Å². The third kappa shape index (κ3) is 7.93. The first-order valence-corrected chi connectivity index (χ1v) is 20.7. The molecule has 288 valence electrons. The molecule has 15 nitrogen and oxygen atoms in total. The summed E-state index contributed by atoms with van der Waals surface area (Å²) in [5, 5.41) is 4.05. The maximum absolute atomic E-state index is 14.4. The average molecular weight is 781 g/mol. The van der Waals surface area contributed by atoms with Crippen LogP contribution in [0.4, 0.5) is 4.79 Å². The van der Waals surface area contributed by atoms with Crippen molar-refractivity contribution in [2.75, 3.05) is 6.54 Å². The molecule has 5 atom stereocenters. The van der Waals surface area contributed by atoms with Crippen molar-refractivity contribution in [3.05, 3.63) is 54.4 Å². The van der Waals surface area contributed by atoms with Gasteiger partial charge in [-0.25, -0.2) is 23.2 Å². The van der Waals surface area contributed by atoms with Crippen LogP contribution in [0.5, 0.6) is 5.88 Å². The molecule has 3 saturated carbocycles. The summed E-state index contributed by atoms with van der Waals surface area (Å²) < 4.78 is 39.5. The molecule has 2 aromatic heterocycles. The molecule has 3 heterocycles. The van der Waals surface area contributed by atoms with E-state index in [-0.39, 0.29) is 31.4 Å². The fourth-order valence-electron chi connectivity index (χ4n) is 7.12. The number of likely N-dealkylation sites (tertiary alicyclic amines) is 1. The number of thiophene rings is 1. The summed E-state index contributed by atoms with van der Waals surface area (Å²) >= 11 is 1.46. The zero-order chi connectivity index (χ0) is 38.2. The highest BCUT2D eigenvalue weighted by molar-refractivity contribution is 7.91. The normalized spacial score (nSPS) is 24.6. The first-order valence-electron chi connectivity index (χ1n) is 18.3. The SMILES string of the molecule is C=C[C@@H]1C[C@]1(NC(=O)[C@@H]1C[C@@H](Oc2nc3ccccc3nc2-c2cccs2)CN1C(=O)[C@@H](NOC(=O)OC1CCCC1)C(C)C)C(=O)NS(=O)(=O)C1CC1. The van der Waals surface area contributed by atoms with Crippen molar-refractivity contribution < 1.29 is 41.9 Å². The zero-order valence-electron chi connectivity index (χ0n) is 30.1. The maximum atomic E-state index is 14.4. The number of rotatable bonds is 14. The minimum atomic E-state index is -3.91. The summed E-state index contributed by atoms with van der Waals surface area (Å²) in [6.07, 6.45) is 3.97. The van der Waals surface area contributed by atoms with Gasteiger partial charge in [0.25, 0.3) is 5.91 Å². The van der Waals surface area contributed by atoms with Crippen LogP contribution in [0.1, 0.15) is 65.2 Å². The lowest BCUT2D eigenvalue weighted by molar-refractivity contribution is -0.144. The number of benzene rings is 1. The van der Waals surface area contributed by atoms with Crippen molar-refractivity contribution >= 4 is 56.3 Å². The highest BCUT2D eigenvalue weighted by Gasteiger charge is 2.62. The smallest absolute Gasteiger partial charge is 0.471 e. The van der Waals surface area contributed by atoms with E-state index in [1.54, 1.807) is 13.8 Å². The van der Waals surface area contributed by atoms with E-state index in [1.807, 2.05) is 41.8 Å². The zero-order valence-corrected chi connectivity index (χ0v) is 31.7. The predicted molar refractivity (Wildman–Crippen MR) is 198 cm³/mol. The Morgan fingerprint density at radius 2 is 1.74 bits per heavy atom. The summed E-state index contributed by atoms with van der Waals surface area (Å²) in [6.45, 7) is 7.23. The standard InChI is InChI=1S/C37H44N6O9S2/c1-4-22-19-37(22,35(46)42-54(48,49)25-15-16-25)40-32(44)28-18-24(50-33-31(29-14-9-17-53-29)38-26-12-7-8-13-27(26)39-33)20-43(28)34(45)30(21(2)3)41-52-36(47)51-23-10-5-6-11-23/h4,7-9,12-14,17,21-25,28,30,41H,1,5-6,10-11,15-16,18-20H2,2-3H3,(H,40,44)(H,42,46)/t22-,24-,28+,30+,37-/m1/s1. The van der Waals surface area contributed by atoms with Gasteiger partial charge in [0.05, 0.1) is 27.7 Å². The Labute approximate surface area is 317 Å². The molecule has 1 aliphatic heterocycles. The third-order valence-electron chi connectivity index (χ3n) is 10.4. The monoisotopic (exact) mass is 780 g/mol. The molecule has 7 rings (SSSR count). The number of ether oxygens (including phenoxy) is 2. The number of hydrogen-bond acceptors (Lipinski definition) is 13. The van der Waals surface area contributed by atoms with E-state index in [4.69, 9.17) is 24.3 Å². The fourth-order valence-corrected chi connectivity index (χ4v) is 9.19. The number of sulfonamides is 1. The maximum Gasteiger partial charge on any atom is 0.528 e. The quantitative estimate of drug-likeness (QED) is 0.121. The van der Waals surface area contributed by atoms with Crippen LogP contribution >= 0.6 is 11.3 Å². The lowest BCUT2D eigenvalue weighted by Gasteiger charge is -2.30. The van der Waals surface area contributed by atoms with Crippen LogP contribution in [-0.4, -0.2) is 88.8 Å². The number of para-hydroxylation sites is 2. The molecule has 4 aliphatic rings. The Hall–Kier alpha value is -4.61. The van der Waals surface area contributed by atoms with Crippen LogP contribution < -0.4 is 20.3 Å². The average Bonchev–Trinajstić information content (AvgIpc) is 3.89. The van der Waals surface area contributed by atoms with E-state index in [1.165, 1.54) is 22.3 Å². The van der Waals surface area contributed by atoms with Gasteiger partial charge in [0.1, 0.15) is 35.5 Å². The van der Waals surface area contributed by atoms with Crippen LogP contribution in [0.3, 0.4) is 0 Å². The molecule has 3 amide bonds. The number of amides is 3. The number of hydrogen-bond donors (Lipinski definition) is 3. The fraction of sp³-hybridized carbons (Fsp3) is 0.514. The Morgan fingerprint density at radius 3 is 2.37 bits per heavy atom. The van der Waals surface area contributed by atoms with E-state index in [9.17, 15) is 27.6 Å². The Bertz CT molecular complexity index is 2030. The Kier molecular flexibility index (Phi) is 10.7. The van der Waals surface area contributed by atoms with Crippen LogP contribution in [0.25, 0.3) is 21.6 Å². The molecule has 0 radical (unpaired) electrons. The Balaban J connectivity index is 1.15. The van der Waals surface area contributed by atoms with Crippen LogP contribution in [0.2, 0.25) is 0 Å². The van der Waals surface area contributed by atoms with Gasteiger partial charge in [-0.15, -0.1) is 23.4 Å². The molecule has 54 heavy (non-hydrogen) atoms. The molecular weight excluding hydrogens is 737 g/mol. The van der Waals surface area contributed by atoms with Crippen LogP contribution in [0.15, 0.2) is 54.4 Å². The van der Waals surface area contributed by atoms with E-state index in [2.05, 4.69) is 22.1 Å². The second-order valence-electron chi connectivity index (χ2n) is 14.7. The molecular formula is C37H44N6O9S2. The van der Waals surface area contributed by atoms with Crippen molar-refractivity contribution in [2.24, 2.45) is 11.8 Å². The van der Waals surface area contributed by atoms with Gasteiger partial charge in [0.15, 0.2) is 0 Å². The highest BCUT2D eigenvalue weighted by Crippen LogP contribution is 2.45. The van der Waals surface area contributed by atoms with Gasteiger partial charge >= 0.3 is 6.16 Å². The lowest BCUT2D eigenvalue weighted by Crippen LogP contribution is -2.58. The number of carbonyl (C=O) groups excluding carboxylic acids is 4. The molecule has 1 aromatic carbocycles. The van der Waals surface area contributed by atoms with Crippen LogP contribution in [0, 0.1) is 11.8 Å². The molecule has 4 fully saturated rings. The first-order chi connectivity index (χ1) is 25.9. The van der Waals surface area contributed by atoms with Gasteiger partial charge in [0, 0.05) is 12.3 Å². The van der Waals surface area contributed by atoms with Crippen molar-refractivity contribution in [3.8, 4) is 16.5 Å². The van der Waals surface area contributed by atoms with Gasteiger partial charge in [-0.3, -0.25) is 19.1 Å². The molecule has 0 spiro atoms. The number of nitrogens with one attached hydrogen (secondary N) is 3. The Morgan fingerprint density at radius 1 is 1.02 bits per heavy atom. The molecule has 3 N–H and O–H groups in total. The summed E-state index contributed by atoms with van der Waals surface area (Å²) in [6, 6.07) is 8.89. The summed E-state index contributed by atoms with van der Waals surface area (Å²) in [5.74, 6) is -2.79. The molecule has 3 aliphatic carbocycles. The number of hydroxylamine groups is 1. The van der Waals surface area contributed by atoms with Crippen molar-refractivity contribution in [3.63, 3.8) is 0 Å². The summed E-state index contributed by atoms with van der Waals surface area (Å²) in [4.78, 5) is 71.7. The number of carbonyl (C=O) groups is 4. The van der Waals surface area contributed by atoms with Gasteiger partial charge in [-0.2, -0.15) is 0 Å². The molecule has 0 bridgehead atoms. The first kappa shape index (κ1) is 37.7. The minimum Gasteiger partial charge on any atom is -0.471 e. The molecule has 17 heteroatoms.